The van der Waals surface area contributed by atoms with Crippen LogP contribution < -0.4 is 4.74 Å². The van der Waals surface area contributed by atoms with Crippen molar-refractivity contribution in [1.29, 1.82) is 0 Å². The molecule has 0 aliphatic carbocycles. The fourth-order valence-corrected chi connectivity index (χ4v) is 1.71. The molecule has 0 atom stereocenters. The number of ether oxygens (including phenoxy) is 1. The van der Waals surface area contributed by atoms with E-state index in [4.69, 9.17) is 21.4 Å². The van der Waals surface area contributed by atoms with E-state index < -0.39 is 5.97 Å². The Kier molecular flexibility index (Phi) is 5.65. The Morgan fingerprint density at radius 2 is 2.06 bits per heavy atom. The van der Waals surface area contributed by atoms with Crippen LogP contribution >= 0.6 is 11.6 Å². The second kappa shape index (κ2) is 7.01. The van der Waals surface area contributed by atoms with Gasteiger partial charge in [-0.25, -0.2) is 0 Å². The molecule has 1 rings (SSSR count). The van der Waals surface area contributed by atoms with E-state index in [9.17, 15) is 9.59 Å². The smallest absolute Gasteiger partial charge is 0.303 e. The van der Waals surface area contributed by atoms with Crippen LogP contribution in [0.4, 0.5) is 0 Å². The average molecular weight is 271 g/mol. The van der Waals surface area contributed by atoms with Crippen LogP contribution in [0, 0.1) is 0 Å². The molecule has 0 fully saturated rings. The van der Waals surface area contributed by atoms with Crippen molar-refractivity contribution in [3.05, 3.63) is 28.8 Å². The Morgan fingerprint density at radius 1 is 1.33 bits per heavy atom. The molecule has 0 heterocycles. The van der Waals surface area contributed by atoms with Gasteiger partial charge in [0.15, 0.2) is 5.78 Å². The number of carboxylic acids is 1. The van der Waals surface area contributed by atoms with Gasteiger partial charge in [-0.15, -0.1) is 0 Å². The molecular formula is C13H15ClO4. The van der Waals surface area contributed by atoms with Crippen LogP contribution in [0.2, 0.25) is 5.02 Å². The SMILES string of the molecule is CCOc1ccc(Cl)cc1C(=O)CCCC(=O)O. The van der Waals surface area contributed by atoms with Gasteiger partial charge in [-0.3, -0.25) is 9.59 Å². The van der Waals surface area contributed by atoms with Crippen LogP contribution in [-0.2, 0) is 4.79 Å². The van der Waals surface area contributed by atoms with Crippen LogP contribution in [0.5, 0.6) is 5.75 Å². The molecule has 0 aliphatic heterocycles. The highest BCUT2D eigenvalue weighted by atomic mass is 35.5. The topological polar surface area (TPSA) is 63.6 Å². The standard InChI is InChI=1S/C13H15ClO4/c1-2-18-12-7-6-9(14)8-10(12)11(15)4-3-5-13(16)17/h6-8H,2-5H2,1H3,(H,16,17). The van der Waals surface area contributed by atoms with E-state index in [1.165, 1.54) is 0 Å². The zero-order valence-corrected chi connectivity index (χ0v) is 10.9. The van der Waals surface area contributed by atoms with Crippen molar-refractivity contribution in [2.24, 2.45) is 0 Å². The van der Waals surface area contributed by atoms with E-state index in [1.807, 2.05) is 6.92 Å². The summed E-state index contributed by atoms with van der Waals surface area (Å²) in [6.45, 7) is 2.28. The Labute approximate surface area is 111 Å². The number of ketones is 1. The van der Waals surface area contributed by atoms with E-state index in [0.29, 0.717) is 29.4 Å². The van der Waals surface area contributed by atoms with Crippen molar-refractivity contribution in [1.82, 2.24) is 0 Å². The number of benzene rings is 1. The molecule has 98 valence electrons. The molecule has 0 spiro atoms. The Morgan fingerprint density at radius 3 is 2.67 bits per heavy atom. The fourth-order valence-electron chi connectivity index (χ4n) is 1.54. The Bertz CT molecular complexity index is 443. The largest absolute Gasteiger partial charge is 0.493 e. The zero-order chi connectivity index (χ0) is 13.5. The predicted octanol–water partition coefficient (Wildman–Crippen LogP) is 3.18. The van der Waals surface area contributed by atoms with Gasteiger partial charge in [-0.1, -0.05) is 11.6 Å². The van der Waals surface area contributed by atoms with Gasteiger partial charge in [-0.05, 0) is 31.5 Å². The molecule has 0 unspecified atom stereocenters. The summed E-state index contributed by atoms with van der Waals surface area (Å²) in [6, 6.07) is 4.85. The molecule has 1 N–H and O–H groups in total. The molecule has 0 saturated heterocycles. The van der Waals surface area contributed by atoms with Crippen LogP contribution in [0.3, 0.4) is 0 Å². The first-order valence-corrected chi connectivity index (χ1v) is 6.09. The number of carbonyl (C=O) groups is 2. The van der Waals surface area contributed by atoms with Gasteiger partial charge in [0.05, 0.1) is 12.2 Å². The van der Waals surface area contributed by atoms with Gasteiger partial charge >= 0.3 is 5.97 Å². The van der Waals surface area contributed by atoms with Crippen LogP contribution in [0.25, 0.3) is 0 Å². The first-order chi connectivity index (χ1) is 8.54. The van der Waals surface area contributed by atoms with Crippen LogP contribution in [0.15, 0.2) is 18.2 Å². The summed E-state index contributed by atoms with van der Waals surface area (Å²) in [7, 11) is 0. The summed E-state index contributed by atoms with van der Waals surface area (Å²) >= 11 is 5.84. The van der Waals surface area contributed by atoms with Gasteiger partial charge in [-0.2, -0.15) is 0 Å². The lowest BCUT2D eigenvalue weighted by Gasteiger charge is -2.09. The molecule has 1 aromatic carbocycles. The summed E-state index contributed by atoms with van der Waals surface area (Å²) in [5.41, 5.74) is 0.412. The number of carbonyl (C=O) groups excluding carboxylic acids is 1. The first-order valence-electron chi connectivity index (χ1n) is 5.72. The number of carboxylic acid groups (broad SMARTS) is 1. The zero-order valence-electron chi connectivity index (χ0n) is 10.1. The number of hydrogen-bond donors (Lipinski definition) is 1. The van der Waals surface area contributed by atoms with E-state index in [1.54, 1.807) is 18.2 Å². The van der Waals surface area contributed by atoms with Gasteiger partial charge in [0.25, 0.3) is 0 Å². The lowest BCUT2D eigenvalue weighted by molar-refractivity contribution is -0.137. The minimum atomic E-state index is -0.904. The summed E-state index contributed by atoms with van der Waals surface area (Å²) in [6.07, 6.45) is 0.467. The third-order valence-electron chi connectivity index (χ3n) is 2.34. The molecule has 0 bridgehead atoms. The Balaban J connectivity index is 2.76. The van der Waals surface area contributed by atoms with Crippen LogP contribution in [-0.4, -0.2) is 23.5 Å². The maximum Gasteiger partial charge on any atom is 0.303 e. The minimum absolute atomic E-state index is 0.0176. The third kappa shape index (κ3) is 4.37. The number of rotatable bonds is 7. The van der Waals surface area contributed by atoms with Crippen molar-refractivity contribution in [2.75, 3.05) is 6.61 Å². The third-order valence-corrected chi connectivity index (χ3v) is 2.57. The molecule has 5 heteroatoms. The van der Waals surface area contributed by atoms with Crippen molar-refractivity contribution >= 4 is 23.4 Å². The molecule has 0 aromatic heterocycles. The minimum Gasteiger partial charge on any atom is -0.493 e. The number of aliphatic carboxylic acids is 1. The predicted molar refractivity (Wildman–Crippen MR) is 68.4 cm³/mol. The number of Topliss-reactive ketones (excluding diaryl/α,β-unsaturated/α-hetero) is 1. The highest BCUT2D eigenvalue weighted by Crippen LogP contribution is 2.24. The monoisotopic (exact) mass is 270 g/mol. The lowest BCUT2D eigenvalue weighted by atomic mass is 10.0. The molecule has 0 saturated carbocycles. The van der Waals surface area contributed by atoms with Gasteiger partial charge in [0.1, 0.15) is 5.75 Å². The molecule has 18 heavy (non-hydrogen) atoms. The first kappa shape index (κ1) is 14.5. The number of halogens is 1. The lowest BCUT2D eigenvalue weighted by Crippen LogP contribution is -2.05. The van der Waals surface area contributed by atoms with Crippen molar-refractivity contribution in [3.63, 3.8) is 0 Å². The normalized spacial score (nSPS) is 10.1. The van der Waals surface area contributed by atoms with Gasteiger partial charge in [0.2, 0.25) is 0 Å². The van der Waals surface area contributed by atoms with E-state index in [-0.39, 0.29) is 18.6 Å². The van der Waals surface area contributed by atoms with E-state index in [2.05, 4.69) is 0 Å². The Hall–Kier alpha value is -1.55. The van der Waals surface area contributed by atoms with E-state index >= 15 is 0 Å². The molecule has 0 radical (unpaired) electrons. The molecule has 0 amide bonds. The maximum absolute atomic E-state index is 11.9. The van der Waals surface area contributed by atoms with Crippen molar-refractivity contribution in [2.45, 2.75) is 26.2 Å². The van der Waals surface area contributed by atoms with Crippen molar-refractivity contribution in [3.8, 4) is 5.75 Å². The van der Waals surface area contributed by atoms with Crippen molar-refractivity contribution < 1.29 is 19.4 Å². The number of hydrogen-bond acceptors (Lipinski definition) is 3. The second-order valence-electron chi connectivity index (χ2n) is 3.74. The highest BCUT2D eigenvalue weighted by Gasteiger charge is 2.13. The van der Waals surface area contributed by atoms with Crippen LogP contribution in [0.1, 0.15) is 36.5 Å². The summed E-state index contributed by atoms with van der Waals surface area (Å²) in [5, 5.41) is 8.98. The van der Waals surface area contributed by atoms with Gasteiger partial charge < -0.3 is 9.84 Å². The van der Waals surface area contributed by atoms with Gasteiger partial charge in [0, 0.05) is 17.9 Å². The molecule has 4 nitrogen and oxygen atoms in total. The van der Waals surface area contributed by atoms with E-state index in [0.717, 1.165) is 0 Å². The fraction of sp³-hybridized carbons (Fsp3) is 0.385. The maximum atomic E-state index is 11.9. The summed E-state index contributed by atoms with van der Waals surface area (Å²) in [4.78, 5) is 22.3. The summed E-state index contributed by atoms with van der Waals surface area (Å²) < 4.78 is 5.34. The highest BCUT2D eigenvalue weighted by molar-refractivity contribution is 6.31. The quantitative estimate of drug-likeness (QED) is 0.773. The average Bonchev–Trinajstić information content (AvgIpc) is 2.31. The molecular weight excluding hydrogens is 256 g/mol. The second-order valence-corrected chi connectivity index (χ2v) is 4.18. The molecule has 1 aromatic rings. The molecule has 0 aliphatic rings. The summed E-state index contributed by atoms with van der Waals surface area (Å²) in [5.74, 6) is -0.566.